The number of alkyl halides is 3. The van der Waals surface area contributed by atoms with Crippen molar-refractivity contribution in [3.8, 4) is 0 Å². The molecule has 0 aliphatic rings. The second-order valence-corrected chi connectivity index (χ2v) is 2.27. The van der Waals surface area contributed by atoms with E-state index in [4.69, 9.17) is 13.0 Å². The molecular formula is C2H3F3LiO3S-. The van der Waals surface area contributed by atoms with Gasteiger partial charge in [-0.05, 0) is 0 Å². The zero-order valence-corrected chi connectivity index (χ0v) is 6.08. The summed E-state index contributed by atoms with van der Waals surface area (Å²) >= 11 is 0. The van der Waals surface area contributed by atoms with Crippen LogP contribution in [0.4, 0.5) is 13.2 Å². The first kappa shape index (κ1) is 16.7. The van der Waals surface area contributed by atoms with E-state index in [9.17, 15) is 13.2 Å². The summed E-state index contributed by atoms with van der Waals surface area (Å²) in [4.78, 5) is 0. The smallest absolute Gasteiger partial charge is 0.741 e. The maximum atomic E-state index is 10.7. The van der Waals surface area contributed by atoms with Crippen LogP contribution in [0.2, 0.25) is 0 Å². The molecule has 3 nitrogen and oxygen atoms in total. The summed E-state index contributed by atoms with van der Waals surface area (Å²) in [6.07, 6.45) is 0. The largest absolute Gasteiger partial charge is 1.00 e. The molecule has 0 aromatic heterocycles. The van der Waals surface area contributed by atoms with Gasteiger partial charge in [-0.2, -0.15) is 13.2 Å². The van der Waals surface area contributed by atoms with E-state index in [1.807, 2.05) is 0 Å². The van der Waals surface area contributed by atoms with Gasteiger partial charge in [0.25, 0.3) is 0 Å². The molecule has 0 saturated heterocycles. The summed E-state index contributed by atoms with van der Waals surface area (Å²) in [5.74, 6) is 0. The van der Waals surface area contributed by atoms with Crippen LogP contribution in [-0.4, -0.2) is 18.5 Å². The summed E-state index contributed by atoms with van der Waals surface area (Å²) in [5.41, 5.74) is -5.65. The summed E-state index contributed by atoms with van der Waals surface area (Å²) in [6.45, 7) is 0. The Hall–Kier alpha value is 0.297. The zero-order valence-electron chi connectivity index (χ0n) is 5.27. The van der Waals surface area contributed by atoms with E-state index in [1.165, 1.54) is 0 Å². The Morgan fingerprint density at radius 3 is 1.30 bits per heavy atom. The predicted molar refractivity (Wildman–Crippen MR) is 22.2 cm³/mol. The third-order valence-corrected chi connectivity index (χ3v) is 0.850. The normalized spacial score (nSPS) is 11.2. The molecule has 0 heterocycles. The van der Waals surface area contributed by atoms with Crippen molar-refractivity contribution in [1.29, 1.82) is 0 Å². The third-order valence-electron chi connectivity index (χ3n) is 0.283. The summed E-state index contributed by atoms with van der Waals surface area (Å²) in [7, 11) is -6.09. The van der Waals surface area contributed by atoms with Gasteiger partial charge in [0.15, 0.2) is 10.1 Å². The minimum absolute atomic E-state index is 0. The molecule has 58 valence electrons. The molecule has 0 aliphatic heterocycles. The van der Waals surface area contributed by atoms with Gasteiger partial charge in [-0.15, -0.1) is 0 Å². The van der Waals surface area contributed by atoms with E-state index in [1.54, 1.807) is 0 Å². The molecule has 0 radical (unpaired) electrons. The Kier molecular flexibility index (Phi) is 7.08. The molecule has 0 saturated carbocycles. The molecule has 0 bridgehead atoms. The van der Waals surface area contributed by atoms with Gasteiger partial charge in [0.2, 0.25) is 0 Å². The quantitative estimate of drug-likeness (QED) is 0.175. The molecule has 0 N–H and O–H groups in total. The van der Waals surface area contributed by atoms with Crippen molar-refractivity contribution in [2.75, 3.05) is 0 Å². The molecule has 0 rings (SSSR count). The van der Waals surface area contributed by atoms with Crippen LogP contribution in [0.1, 0.15) is 0 Å². The zero-order chi connectivity index (χ0) is 7.00. The molecule has 0 fully saturated rings. The molecule has 0 spiro atoms. The molecule has 0 atom stereocenters. The Bertz CT molecular complexity index is 171. The number of halogens is 3. The maximum absolute atomic E-state index is 10.7. The van der Waals surface area contributed by atoms with Gasteiger partial charge in [-0.3, -0.25) is 0 Å². The van der Waals surface area contributed by atoms with E-state index in [-0.39, 0.29) is 26.3 Å². The van der Waals surface area contributed by atoms with Gasteiger partial charge in [0.1, 0.15) is 0 Å². The first-order chi connectivity index (χ1) is 3.25. The second-order valence-electron chi connectivity index (χ2n) is 0.900. The van der Waals surface area contributed by atoms with Crippen LogP contribution < -0.4 is 18.9 Å². The van der Waals surface area contributed by atoms with Gasteiger partial charge >= 0.3 is 24.4 Å². The van der Waals surface area contributed by atoms with Gasteiger partial charge in [0.05, 0.1) is 0 Å². The molecule has 0 amide bonds. The Balaban J connectivity index is -0.000000245. The molecular weight excluding hydrogens is 168 g/mol. The van der Waals surface area contributed by atoms with Gasteiger partial charge in [-0.1, -0.05) is 0 Å². The van der Waals surface area contributed by atoms with Crippen LogP contribution in [0.25, 0.3) is 0 Å². The molecule has 0 aliphatic carbocycles. The summed E-state index contributed by atoms with van der Waals surface area (Å²) in [6, 6.07) is 0. The fraction of sp³-hybridized carbons (Fsp3) is 0.500. The summed E-state index contributed by atoms with van der Waals surface area (Å²) < 4.78 is 58.9. The second kappa shape index (κ2) is 4.23. The van der Waals surface area contributed by atoms with Gasteiger partial charge < -0.3 is 12.0 Å². The van der Waals surface area contributed by atoms with Crippen molar-refractivity contribution < 1.29 is 45.0 Å². The molecule has 10 heavy (non-hydrogen) atoms. The number of hydrogen-bond donors (Lipinski definition) is 0. The SMILES string of the molecule is O=S(=O)([O-])C(F)(F)F.[CH3-].[Li+]. The van der Waals surface area contributed by atoms with Crippen molar-refractivity contribution in [3.63, 3.8) is 0 Å². The fourth-order valence-electron chi connectivity index (χ4n) is 0. The van der Waals surface area contributed by atoms with Crippen molar-refractivity contribution in [1.82, 2.24) is 0 Å². The Labute approximate surface area is 68.5 Å². The monoisotopic (exact) mass is 171 g/mol. The van der Waals surface area contributed by atoms with Crippen LogP contribution >= 0.6 is 0 Å². The van der Waals surface area contributed by atoms with E-state index < -0.39 is 15.6 Å². The molecule has 0 aromatic rings. The fourth-order valence-corrected chi connectivity index (χ4v) is 0. The Morgan fingerprint density at radius 1 is 1.20 bits per heavy atom. The van der Waals surface area contributed by atoms with Crippen molar-refractivity contribution in [2.24, 2.45) is 0 Å². The Morgan fingerprint density at radius 2 is 1.30 bits per heavy atom. The molecule has 0 aromatic carbocycles. The minimum atomic E-state index is -6.09. The van der Waals surface area contributed by atoms with E-state index >= 15 is 0 Å². The van der Waals surface area contributed by atoms with E-state index in [0.717, 1.165) is 0 Å². The standard InChI is InChI=1S/CHF3O3S.CH3.Li/c2-1(3,4)8(5,6)7;;/h(H,5,6,7);1H3;/q;-1;+1/p-1. The summed E-state index contributed by atoms with van der Waals surface area (Å²) in [5, 5.41) is 0. The van der Waals surface area contributed by atoms with E-state index in [0.29, 0.717) is 0 Å². The van der Waals surface area contributed by atoms with Crippen LogP contribution in [-0.2, 0) is 10.1 Å². The van der Waals surface area contributed by atoms with Crippen LogP contribution in [0.5, 0.6) is 0 Å². The number of rotatable bonds is 0. The average Bonchev–Trinajstić information content (AvgIpc) is 1.25. The first-order valence-corrected chi connectivity index (χ1v) is 2.68. The topological polar surface area (TPSA) is 57.2 Å². The predicted octanol–water partition coefficient (Wildman–Crippen LogP) is -2.49. The maximum Gasteiger partial charge on any atom is 1.00 e. The van der Waals surface area contributed by atoms with Gasteiger partial charge in [0, 0.05) is 0 Å². The molecule has 0 unspecified atom stereocenters. The van der Waals surface area contributed by atoms with Crippen LogP contribution in [0.3, 0.4) is 0 Å². The van der Waals surface area contributed by atoms with E-state index in [2.05, 4.69) is 0 Å². The van der Waals surface area contributed by atoms with Crippen LogP contribution in [0.15, 0.2) is 0 Å². The average molecular weight is 171 g/mol. The van der Waals surface area contributed by atoms with Crippen molar-refractivity contribution in [3.05, 3.63) is 7.43 Å². The third kappa shape index (κ3) is 5.11. The van der Waals surface area contributed by atoms with Crippen molar-refractivity contribution >= 4 is 10.1 Å². The molecule has 8 heteroatoms. The minimum Gasteiger partial charge on any atom is -0.741 e. The number of hydrogen-bond acceptors (Lipinski definition) is 3. The van der Waals surface area contributed by atoms with Crippen molar-refractivity contribution in [2.45, 2.75) is 5.51 Å². The van der Waals surface area contributed by atoms with Gasteiger partial charge in [-0.25, -0.2) is 8.42 Å². The first-order valence-electron chi connectivity index (χ1n) is 1.27. The van der Waals surface area contributed by atoms with Crippen LogP contribution in [0, 0.1) is 7.43 Å².